The molecule has 0 bridgehead atoms. The van der Waals surface area contributed by atoms with Crippen molar-refractivity contribution in [3.63, 3.8) is 0 Å². The first-order valence-electron chi connectivity index (χ1n) is 17.6. The quantitative estimate of drug-likeness (QED) is 0.0943. The number of aromatic nitrogens is 4. The predicted octanol–water partition coefficient (Wildman–Crippen LogP) is 1.41. The van der Waals surface area contributed by atoms with Crippen molar-refractivity contribution in [1.29, 1.82) is 0 Å². The molecule has 1 aliphatic heterocycles. The van der Waals surface area contributed by atoms with Crippen LogP contribution in [0, 0.1) is 0 Å². The van der Waals surface area contributed by atoms with Crippen molar-refractivity contribution in [2.45, 2.75) is 68.9 Å². The van der Waals surface area contributed by atoms with E-state index in [0.717, 1.165) is 37.1 Å². The van der Waals surface area contributed by atoms with Gasteiger partial charge in [-0.1, -0.05) is 67.6 Å². The number of urea groups is 1. The number of nitrogens with one attached hydrogen (secondary N) is 6. The number of amides is 4. The van der Waals surface area contributed by atoms with Crippen LogP contribution in [-0.2, 0) is 4.79 Å². The highest BCUT2D eigenvalue weighted by Gasteiger charge is 2.44. The molecule has 4 atom stereocenters. The van der Waals surface area contributed by atoms with Crippen molar-refractivity contribution in [3.8, 4) is 0 Å². The van der Waals surface area contributed by atoms with Gasteiger partial charge in [-0.2, -0.15) is 0 Å². The molecule has 51 heavy (non-hydrogen) atoms. The first-order valence-corrected chi connectivity index (χ1v) is 17.6. The van der Waals surface area contributed by atoms with Gasteiger partial charge in [0.15, 0.2) is 11.5 Å². The number of rotatable bonds is 13. The van der Waals surface area contributed by atoms with Crippen LogP contribution in [0.5, 0.6) is 0 Å². The van der Waals surface area contributed by atoms with Gasteiger partial charge in [0.2, 0.25) is 11.7 Å². The van der Waals surface area contributed by atoms with Crippen molar-refractivity contribution < 1.29 is 24.6 Å². The van der Waals surface area contributed by atoms with Crippen LogP contribution in [0.15, 0.2) is 67.0 Å². The summed E-state index contributed by atoms with van der Waals surface area (Å²) < 4.78 is 1.63. The van der Waals surface area contributed by atoms with E-state index in [9.17, 15) is 24.6 Å². The molecule has 2 fully saturated rings. The number of benzene rings is 2. The topological polar surface area (TPSA) is 207 Å². The largest absolute Gasteiger partial charge is 0.388 e. The van der Waals surface area contributed by atoms with E-state index in [0.29, 0.717) is 17.9 Å². The maximum Gasteiger partial charge on any atom is 0.315 e. The molecular formula is C36H46N10O5. The molecule has 15 nitrogen and oxygen atoms in total. The van der Waals surface area contributed by atoms with Gasteiger partial charge in [0, 0.05) is 38.0 Å². The van der Waals surface area contributed by atoms with Gasteiger partial charge < -0.3 is 46.7 Å². The molecule has 4 aromatic rings. The maximum absolute atomic E-state index is 13.5. The Morgan fingerprint density at radius 3 is 2.24 bits per heavy atom. The molecule has 2 aliphatic rings. The van der Waals surface area contributed by atoms with E-state index < -0.39 is 30.2 Å². The average Bonchev–Trinajstić information content (AvgIpc) is 3.70. The van der Waals surface area contributed by atoms with Crippen LogP contribution in [0.3, 0.4) is 0 Å². The Morgan fingerprint density at radius 2 is 1.57 bits per heavy atom. The second kappa shape index (κ2) is 16.7. The molecule has 6 rings (SSSR count). The summed E-state index contributed by atoms with van der Waals surface area (Å²) in [5.74, 6) is -0.667. The van der Waals surface area contributed by atoms with Crippen LogP contribution in [0.25, 0.3) is 11.2 Å². The van der Waals surface area contributed by atoms with Crippen molar-refractivity contribution in [2.24, 2.45) is 0 Å². The number of hydrogen-bond donors (Lipinski definition) is 8. The van der Waals surface area contributed by atoms with Crippen LogP contribution in [-0.4, -0.2) is 105 Å². The molecule has 270 valence electrons. The fourth-order valence-corrected chi connectivity index (χ4v) is 6.75. The molecule has 0 unspecified atom stereocenters. The Kier molecular flexibility index (Phi) is 11.7. The Bertz CT molecular complexity index is 1740. The number of anilines is 1. The highest BCUT2D eigenvalue weighted by Crippen LogP contribution is 2.34. The van der Waals surface area contributed by atoms with E-state index in [4.69, 9.17) is 0 Å². The van der Waals surface area contributed by atoms with Gasteiger partial charge in [0.1, 0.15) is 17.7 Å². The van der Waals surface area contributed by atoms with E-state index >= 15 is 0 Å². The molecule has 1 saturated carbocycles. The minimum atomic E-state index is -1.23. The van der Waals surface area contributed by atoms with Crippen LogP contribution < -0.4 is 31.9 Å². The molecule has 3 heterocycles. The van der Waals surface area contributed by atoms with Gasteiger partial charge >= 0.3 is 6.03 Å². The Labute approximate surface area is 296 Å². The number of hydrogen-bond acceptors (Lipinski definition) is 10. The summed E-state index contributed by atoms with van der Waals surface area (Å²) >= 11 is 0. The molecule has 2 aromatic heterocycles. The molecule has 15 heteroatoms. The molecule has 1 saturated heterocycles. The average molecular weight is 699 g/mol. The summed E-state index contributed by atoms with van der Waals surface area (Å²) in [5.41, 5.74) is 2.84. The van der Waals surface area contributed by atoms with Gasteiger partial charge in [-0.25, -0.2) is 19.7 Å². The third kappa shape index (κ3) is 8.61. The molecule has 0 spiro atoms. The van der Waals surface area contributed by atoms with Crippen LogP contribution in [0.4, 0.5) is 10.6 Å². The lowest BCUT2D eigenvalue weighted by molar-refractivity contribution is -0.122. The summed E-state index contributed by atoms with van der Waals surface area (Å²) in [6, 6.07) is 18.6. The highest BCUT2D eigenvalue weighted by molar-refractivity contribution is 5.94. The number of piperidine rings is 1. The smallest absolute Gasteiger partial charge is 0.315 e. The Morgan fingerprint density at radius 1 is 0.902 bits per heavy atom. The summed E-state index contributed by atoms with van der Waals surface area (Å²) in [6.07, 6.45) is 1.26. The summed E-state index contributed by atoms with van der Waals surface area (Å²) in [5, 5.41) is 39.9. The lowest BCUT2D eigenvalue weighted by Gasteiger charge is -2.23. The van der Waals surface area contributed by atoms with E-state index in [1.165, 1.54) is 6.33 Å². The standard InChI is InChI=1S/C36H46N10O5/c1-2-28(47)43-26-19-27(31(49)30(26)48)46-21-41-29-32(40-20-25(22-9-5-3-6-10-22)23-11-7-4-8-12-23)44-33(45-34(29)46)35(50)38-17-18-39-36(51)42-24-13-15-37-16-14-24/h3-12,21,24-27,30-31,37,48-49H,2,13-20H2,1H3,(H,38,50)(H,43,47)(H2,39,42,51)(H,40,44,45)/t26-,27+,30+,31-/m0/s1. The minimum Gasteiger partial charge on any atom is -0.388 e. The van der Waals surface area contributed by atoms with E-state index in [-0.39, 0.29) is 61.3 Å². The van der Waals surface area contributed by atoms with E-state index in [2.05, 4.69) is 71.1 Å². The van der Waals surface area contributed by atoms with Gasteiger partial charge in [-0.15, -0.1) is 0 Å². The minimum absolute atomic E-state index is 0.0615. The number of aliphatic hydroxyl groups is 2. The van der Waals surface area contributed by atoms with Gasteiger partial charge in [-0.05, 0) is 43.5 Å². The number of fused-ring (bicyclic) bond motifs is 1. The summed E-state index contributed by atoms with van der Waals surface area (Å²) in [7, 11) is 0. The maximum atomic E-state index is 13.5. The Hall–Kier alpha value is -5.12. The normalized spacial score (nSPS) is 20.6. The molecule has 2 aromatic carbocycles. The van der Waals surface area contributed by atoms with Crippen molar-refractivity contribution in [2.75, 3.05) is 38.0 Å². The van der Waals surface area contributed by atoms with Crippen molar-refractivity contribution in [3.05, 3.63) is 83.9 Å². The number of nitrogens with zero attached hydrogens (tertiary/aromatic N) is 4. The zero-order valence-electron chi connectivity index (χ0n) is 28.6. The third-order valence-electron chi connectivity index (χ3n) is 9.55. The van der Waals surface area contributed by atoms with E-state index in [1.807, 2.05) is 36.4 Å². The Balaban J connectivity index is 1.24. The van der Waals surface area contributed by atoms with Crippen LogP contribution in [0.1, 0.15) is 66.3 Å². The molecule has 8 N–H and O–H groups in total. The third-order valence-corrected chi connectivity index (χ3v) is 9.55. The van der Waals surface area contributed by atoms with Gasteiger partial charge in [0.25, 0.3) is 5.91 Å². The summed E-state index contributed by atoms with van der Waals surface area (Å²) in [4.78, 5) is 51.8. The predicted molar refractivity (Wildman–Crippen MR) is 191 cm³/mol. The first kappa shape index (κ1) is 35.7. The molecular weight excluding hydrogens is 652 g/mol. The number of imidazole rings is 1. The zero-order valence-corrected chi connectivity index (χ0v) is 28.6. The molecule has 1 aliphatic carbocycles. The van der Waals surface area contributed by atoms with Crippen molar-refractivity contribution >= 4 is 34.8 Å². The van der Waals surface area contributed by atoms with E-state index in [1.54, 1.807) is 11.5 Å². The second-order valence-corrected chi connectivity index (χ2v) is 13.0. The van der Waals surface area contributed by atoms with Gasteiger partial charge in [0.05, 0.1) is 18.4 Å². The van der Waals surface area contributed by atoms with Crippen LogP contribution in [0.2, 0.25) is 0 Å². The molecule has 4 amide bonds. The fourth-order valence-electron chi connectivity index (χ4n) is 6.75. The van der Waals surface area contributed by atoms with Gasteiger partial charge in [-0.3, -0.25) is 9.59 Å². The number of aliphatic hydroxyl groups excluding tert-OH is 2. The second-order valence-electron chi connectivity index (χ2n) is 13.0. The fraction of sp³-hybridized carbons (Fsp3) is 0.444. The SMILES string of the molecule is CCC(=O)N[C@H]1C[C@@H](n2cnc3c(NCC(c4ccccc4)c4ccccc4)nc(C(=O)NCCNC(=O)NC4CCNCC4)nc32)[C@H](O)[C@@H]1O. The lowest BCUT2D eigenvalue weighted by atomic mass is 9.91. The lowest BCUT2D eigenvalue weighted by Crippen LogP contribution is -2.48. The molecule has 0 radical (unpaired) electrons. The highest BCUT2D eigenvalue weighted by atomic mass is 16.3. The number of carbonyl (C=O) groups excluding carboxylic acids is 3. The number of carbonyl (C=O) groups is 3. The first-order chi connectivity index (χ1) is 24.8. The van der Waals surface area contributed by atoms with Crippen LogP contribution >= 0.6 is 0 Å². The summed E-state index contributed by atoms with van der Waals surface area (Å²) in [6.45, 7) is 4.18. The zero-order chi connectivity index (χ0) is 35.7. The van der Waals surface area contributed by atoms with Crippen molar-refractivity contribution in [1.82, 2.24) is 46.1 Å². The monoisotopic (exact) mass is 698 g/mol.